The average Bonchev–Trinajstić information content (AvgIpc) is 3.22. The molecule has 170 valence electrons. The van der Waals surface area contributed by atoms with E-state index >= 15 is 0 Å². The van der Waals surface area contributed by atoms with Gasteiger partial charge in [-0.25, -0.2) is 0 Å². The van der Waals surface area contributed by atoms with Crippen molar-refractivity contribution in [3.05, 3.63) is 35.4 Å². The van der Waals surface area contributed by atoms with Crippen molar-refractivity contribution < 1.29 is 9.53 Å². The maximum absolute atomic E-state index is 13.1. The number of amides is 1. The fourth-order valence-electron chi connectivity index (χ4n) is 5.08. The molecule has 2 saturated heterocycles. The Morgan fingerprint density at radius 3 is 2.69 bits per heavy atom. The van der Waals surface area contributed by atoms with Crippen LogP contribution in [-0.2, 0) is 0 Å². The van der Waals surface area contributed by atoms with Crippen LogP contribution in [0.15, 0.2) is 29.3 Å². The van der Waals surface area contributed by atoms with E-state index in [1.807, 2.05) is 23.2 Å². The standard InChI is InChI=1S/C26H34N4O2/c1-19-14-20-15-23-24(27-18-22-6-5-8-30(22)26(23)31)16-21(20)17-25(19)32-13-4-3-7-29-11-9-28(2)10-12-29/h14-18,22H,3-13H2,1-2H3/t22-/m0/s1. The number of hydrogen-bond donors (Lipinski definition) is 0. The van der Waals surface area contributed by atoms with Gasteiger partial charge in [0.2, 0.25) is 0 Å². The molecule has 5 rings (SSSR count). The first-order valence-corrected chi connectivity index (χ1v) is 12.1. The topological polar surface area (TPSA) is 48.4 Å². The zero-order chi connectivity index (χ0) is 22.1. The van der Waals surface area contributed by atoms with Crippen LogP contribution in [0.2, 0.25) is 0 Å². The van der Waals surface area contributed by atoms with Crippen LogP contribution in [0.1, 0.15) is 41.6 Å². The first kappa shape index (κ1) is 21.4. The molecule has 1 atom stereocenters. The number of carbonyl (C=O) groups excluding carboxylic acids is 1. The van der Waals surface area contributed by atoms with E-state index < -0.39 is 0 Å². The molecule has 0 unspecified atom stereocenters. The highest BCUT2D eigenvalue weighted by molar-refractivity contribution is 6.06. The third kappa shape index (κ3) is 4.39. The lowest BCUT2D eigenvalue weighted by Crippen LogP contribution is -2.44. The Morgan fingerprint density at radius 1 is 1.03 bits per heavy atom. The van der Waals surface area contributed by atoms with Crippen molar-refractivity contribution in [1.29, 1.82) is 0 Å². The van der Waals surface area contributed by atoms with Crippen LogP contribution in [0.3, 0.4) is 0 Å². The summed E-state index contributed by atoms with van der Waals surface area (Å²) in [6, 6.07) is 8.44. The number of aryl methyl sites for hydroxylation is 1. The Kier molecular flexibility index (Phi) is 6.15. The fourth-order valence-corrected chi connectivity index (χ4v) is 5.08. The highest BCUT2D eigenvalue weighted by Crippen LogP contribution is 2.34. The number of ether oxygens (including phenoxy) is 1. The first-order chi connectivity index (χ1) is 15.6. The minimum absolute atomic E-state index is 0.111. The summed E-state index contributed by atoms with van der Waals surface area (Å²) in [5, 5.41) is 2.15. The van der Waals surface area contributed by atoms with Gasteiger partial charge in [0.15, 0.2) is 0 Å². The van der Waals surface area contributed by atoms with Gasteiger partial charge in [-0.1, -0.05) is 0 Å². The van der Waals surface area contributed by atoms with Gasteiger partial charge in [-0.15, -0.1) is 0 Å². The Hall–Kier alpha value is -2.44. The monoisotopic (exact) mass is 434 g/mol. The molecule has 3 aliphatic rings. The third-order valence-electron chi connectivity index (χ3n) is 7.15. The molecule has 1 amide bonds. The molecule has 3 heterocycles. The molecule has 0 bridgehead atoms. The lowest BCUT2D eigenvalue weighted by molar-refractivity contribution is 0.0775. The smallest absolute Gasteiger partial charge is 0.256 e. The molecule has 3 aliphatic heterocycles. The molecule has 6 heteroatoms. The number of benzene rings is 2. The minimum Gasteiger partial charge on any atom is -0.493 e. The molecule has 6 nitrogen and oxygen atoms in total. The number of hydrogen-bond acceptors (Lipinski definition) is 5. The van der Waals surface area contributed by atoms with Gasteiger partial charge < -0.3 is 19.4 Å². The Bertz CT molecular complexity index is 1030. The number of unbranched alkanes of at least 4 members (excludes halogenated alkanes) is 1. The summed E-state index contributed by atoms with van der Waals surface area (Å²) in [5.74, 6) is 1.04. The maximum Gasteiger partial charge on any atom is 0.256 e. The summed E-state index contributed by atoms with van der Waals surface area (Å²) in [6.07, 6.45) is 6.24. The van der Waals surface area contributed by atoms with Gasteiger partial charge in [0.05, 0.1) is 23.9 Å². The fraction of sp³-hybridized carbons (Fsp3) is 0.538. The predicted octanol–water partition coefficient (Wildman–Crippen LogP) is 3.88. The van der Waals surface area contributed by atoms with Gasteiger partial charge in [0.25, 0.3) is 5.91 Å². The summed E-state index contributed by atoms with van der Waals surface area (Å²) in [6.45, 7) is 9.50. The number of carbonyl (C=O) groups is 1. The van der Waals surface area contributed by atoms with E-state index in [2.05, 4.69) is 40.9 Å². The lowest BCUT2D eigenvalue weighted by atomic mass is 10.0. The number of rotatable bonds is 6. The van der Waals surface area contributed by atoms with Gasteiger partial charge in [0.1, 0.15) is 5.75 Å². The van der Waals surface area contributed by atoms with Crippen LogP contribution >= 0.6 is 0 Å². The second-order valence-electron chi connectivity index (χ2n) is 9.52. The summed E-state index contributed by atoms with van der Waals surface area (Å²) in [4.78, 5) is 24.7. The number of piperazine rings is 1. The highest BCUT2D eigenvalue weighted by atomic mass is 16.5. The van der Waals surface area contributed by atoms with Crippen LogP contribution in [0.25, 0.3) is 10.8 Å². The minimum atomic E-state index is 0.111. The van der Waals surface area contributed by atoms with Crippen molar-refractivity contribution >= 4 is 28.6 Å². The van der Waals surface area contributed by atoms with E-state index in [0.717, 1.165) is 72.3 Å². The van der Waals surface area contributed by atoms with E-state index in [-0.39, 0.29) is 11.9 Å². The summed E-state index contributed by atoms with van der Waals surface area (Å²) in [7, 11) is 2.20. The average molecular weight is 435 g/mol. The molecular formula is C26H34N4O2. The van der Waals surface area contributed by atoms with E-state index in [9.17, 15) is 4.79 Å². The number of likely N-dealkylation sites (N-methyl/N-ethyl adjacent to an activating group) is 1. The molecule has 0 radical (unpaired) electrons. The van der Waals surface area contributed by atoms with Gasteiger partial charge in [-0.2, -0.15) is 0 Å². The second-order valence-corrected chi connectivity index (χ2v) is 9.52. The highest BCUT2D eigenvalue weighted by Gasteiger charge is 2.31. The van der Waals surface area contributed by atoms with Crippen LogP contribution in [0.5, 0.6) is 5.75 Å². The molecule has 32 heavy (non-hydrogen) atoms. The lowest BCUT2D eigenvalue weighted by Gasteiger charge is -2.32. The van der Waals surface area contributed by atoms with E-state index in [1.165, 1.54) is 32.6 Å². The second kappa shape index (κ2) is 9.20. The molecule has 0 N–H and O–H groups in total. The SMILES string of the molecule is Cc1cc2cc3c(cc2cc1OCCCCN1CCN(C)CC1)N=C[C@@H]1CCCN1C3=O. The molecule has 2 fully saturated rings. The Balaban J connectivity index is 1.24. The molecule has 0 aromatic heterocycles. The molecular weight excluding hydrogens is 400 g/mol. The van der Waals surface area contributed by atoms with Crippen LogP contribution in [-0.4, -0.2) is 85.8 Å². The molecule has 2 aromatic rings. The summed E-state index contributed by atoms with van der Waals surface area (Å²) < 4.78 is 6.16. The molecule has 0 saturated carbocycles. The van der Waals surface area contributed by atoms with Crippen molar-refractivity contribution in [2.75, 3.05) is 52.9 Å². The first-order valence-electron chi connectivity index (χ1n) is 12.1. The van der Waals surface area contributed by atoms with Crippen molar-refractivity contribution in [2.24, 2.45) is 4.99 Å². The third-order valence-corrected chi connectivity index (χ3v) is 7.15. The van der Waals surface area contributed by atoms with Gasteiger partial charge in [-0.3, -0.25) is 9.79 Å². The number of nitrogens with zero attached hydrogens (tertiary/aromatic N) is 4. The molecule has 0 aliphatic carbocycles. The largest absolute Gasteiger partial charge is 0.493 e. The zero-order valence-corrected chi connectivity index (χ0v) is 19.3. The van der Waals surface area contributed by atoms with Crippen molar-refractivity contribution in [3.63, 3.8) is 0 Å². The van der Waals surface area contributed by atoms with Gasteiger partial charge in [-0.05, 0) is 86.8 Å². The van der Waals surface area contributed by atoms with Gasteiger partial charge in [0, 0.05) is 38.9 Å². The zero-order valence-electron chi connectivity index (χ0n) is 19.3. The summed E-state index contributed by atoms with van der Waals surface area (Å²) >= 11 is 0. The van der Waals surface area contributed by atoms with Gasteiger partial charge >= 0.3 is 0 Å². The van der Waals surface area contributed by atoms with E-state index in [4.69, 9.17) is 4.74 Å². The quantitative estimate of drug-likeness (QED) is 0.648. The normalized spacial score (nSPS) is 21.6. The van der Waals surface area contributed by atoms with Crippen molar-refractivity contribution in [1.82, 2.24) is 14.7 Å². The Morgan fingerprint density at radius 2 is 1.84 bits per heavy atom. The predicted molar refractivity (Wildman–Crippen MR) is 130 cm³/mol. The molecule has 0 spiro atoms. The van der Waals surface area contributed by atoms with E-state index in [0.29, 0.717) is 0 Å². The van der Waals surface area contributed by atoms with E-state index in [1.54, 1.807) is 0 Å². The number of aliphatic imine (C=N–C) groups is 1. The number of fused-ring (bicyclic) bond motifs is 3. The Labute approximate surface area is 190 Å². The van der Waals surface area contributed by atoms with Crippen LogP contribution < -0.4 is 4.74 Å². The molecule has 2 aromatic carbocycles. The van der Waals surface area contributed by atoms with Crippen LogP contribution in [0.4, 0.5) is 5.69 Å². The van der Waals surface area contributed by atoms with Crippen LogP contribution in [0, 0.1) is 6.92 Å². The van der Waals surface area contributed by atoms with Crippen molar-refractivity contribution in [2.45, 2.75) is 38.6 Å². The summed E-state index contributed by atoms with van der Waals surface area (Å²) in [5.41, 5.74) is 2.61. The maximum atomic E-state index is 13.1. The van der Waals surface area contributed by atoms with Crippen molar-refractivity contribution in [3.8, 4) is 5.75 Å².